The molecule has 0 atom stereocenters. The number of benzene rings is 6. The molecule has 6 rings (SSSR count). The summed E-state index contributed by atoms with van der Waals surface area (Å²) < 4.78 is 0. The molecule has 0 saturated heterocycles. The molecular weight excluding hydrogens is 528 g/mol. The number of hydrogen-bond acceptors (Lipinski definition) is 0. The van der Waals surface area contributed by atoms with Gasteiger partial charge in [0, 0.05) is 0 Å². The summed E-state index contributed by atoms with van der Waals surface area (Å²) in [7, 11) is 0. The fraction of sp³-hybridized carbons (Fsp3) is 0.227. The molecule has 0 spiro atoms. The van der Waals surface area contributed by atoms with E-state index in [9.17, 15) is 0 Å². The molecule has 0 heteroatoms. The molecule has 0 fully saturated rings. The quantitative estimate of drug-likeness (QED) is 0.0777. The van der Waals surface area contributed by atoms with Crippen molar-refractivity contribution < 1.29 is 0 Å². The van der Waals surface area contributed by atoms with Gasteiger partial charge in [0.15, 0.2) is 0 Å². The monoisotopic (exact) mass is 572 g/mol. The fourth-order valence-corrected chi connectivity index (χ4v) is 6.13. The van der Waals surface area contributed by atoms with Gasteiger partial charge in [-0.05, 0) is 128 Å². The van der Waals surface area contributed by atoms with Gasteiger partial charge in [-0.2, -0.15) is 0 Å². The lowest BCUT2D eigenvalue weighted by Crippen LogP contribution is -1.85. The van der Waals surface area contributed by atoms with Gasteiger partial charge in [0.1, 0.15) is 0 Å². The molecule has 0 saturated carbocycles. The highest BCUT2D eigenvalue weighted by atomic mass is 14.1. The van der Waals surface area contributed by atoms with Gasteiger partial charge in [0.05, 0.1) is 0 Å². The highest BCUT2D eigenvalue weighted by Crippen LogP contribution is 2.29. The maximum Gasteiger partial charge on any atom is -0.0171 e. The molecule has 0 unspecified atom stereocenters. The third-order valence-corrected chi connectivity index (χ3v) is 8.83. The van der Waals surface area contributed by atoms with Gasteiger partial charge in [0.2, 0.25) is 0 Å². The van der Waals surface area contributed by atoms with Crippen LogP contribution in [0.2, 0.25) is 0 Å². The summed E-state index contributed by atoms with van der Waals surface area (Å²) in [6, 6.07) is 41.0. The summed E-state index contributed by atoms with van der Waals surface area (Å²) in [6.45, 7) is 4.52. The van der Waals surface area contributed by atoms with Crippen molar-refractivity contribution in [2.75, 3.05) is 0 Å². The van der Waals surface area contributed by atoms with Crippen molar-refractivity contribution in [2.24, 2.45) is 0 Å². The van der Waals surface area contributed by atoms with E-state index in [1.54, 1.807) is 0 Å². The van der Waals surface area contributed by atoms with Gasteiger partial charge >= 0.3 is 0 Å². The van der Waals surface area contributed by atoms with E-state index in [2.05, 4.69) is 147 Å². The standard InChI is InChI=1S/C44H44/c1-3-5-7-9-33-11-15-35(16-12-33)19-21-37-23-25-39-29-44-32-42-28-38(24-26-40(42)30-43(44)31-41(39)27-37)22-20-36-17-13-34(14-18-36)10-8-6-4-2/h11-32H,3-10H2,1-2H3. The SMILES string of the molecule is CCCCCc1ccc(C=Cc2ccc3cc4cc5cc(C=Cc6ccc(CCCCC)cc6)ccc5cc4cc3c2)cc1. The van der Waals surface area contributed by atoms with E-state index >= 15 is 0 Å². The first-order chi connectivity index (χ1) is 21.7. The third-order valence-electron chi connectivity index (χ3n) is 8.83. The van der Waals surface area contributed by atoms with Gasteiger partial charge in [-0.3, -0.25) is 0 Å². The minimum Gasteiger partial charge on any atom is -0.0654 e. The zero-order valence-electron chi connectivity index (χ0n) is 26.4. The van der Waals surface area contributed by atoms with E-state index in [1.807, 2.05) is 0 Å². The van der Waals surface area contributed by atoms with Gasteiger partial charge < -0.3 is 0 Å². The first kappa shape index (κ1) is 29.6. The van der Waals surface area contributed by atoms with E-state index in [0.29, 0.717) is 0 Å². The Balaban J connectivity index is 1.17. The van der Waals surface area contributed by atoms with E-state index in [1.165, 1.54) is 117 Å². The molecule has 0 aliphatic carbocycles. The Bertz CT molecular complexity index is 1760. The molecule has 44 heavy (non-hydrogen) atoms. The number of unbranched alkanes of at least 4 members (excludes halogenated alkanes) is 4. The Morgan fingerprint density at radius 2 is 0.682 bits per heavy atom. The van der Waals surface area contributed by atoms with Crippen molar-refractivity contribution in [1.29, 1.82) is 0 Å². The van der Waals surface area contributed by atoms with Crippen molar-refractivity contribution in [3.05, 3.63) is 143 Å². The summed E-state index contributed by atoms with van der Waals surface area (Å²) in [6.07, 6.45) is 19.0. The van der Waals surface area contributed by atoms with Crippen LogP contribution in [0.25, 0.3) is 56.6 Å². The minimum absolute atomic E-state index is 1.18. The van der Waals surface area contributed by atoms with E-state index < -0.39 is 0 Å². The maximum absolute atomic E-state index is 2.34. The summed E-state index contributed by atoms with van der Waals surface area (Å²) in [5.74, 6) is 0. The highest BCUT2D eigenvalue weighted by Gasteiger charge is 2.03. The number of hydrogen-bond donors (Lipinski definition) is 0. The predicted molar refractivity (Wildman–Crippen MR) is 196 cm³/mol. The molecule has 6 aromatic carbocycles. The zero-order valence-corrected chi connectivity index (χ0v) is 26.4. The normalized spacial score (nSPS) is 12.0. The lowest BCUT2D eigenvalue weighted by atomic mass is 9.97. The molecule has 0 aliphatic heterocycles. The average molecular weight is 573 g/mol. The van der Waals surface area contributed by atoms with Crippen molar-refractivity contribution in [3.8, 4) is 0 Å². The van der Waals surface area contributed by atoms with Crippen LogP contribution in [0, 0.1) is 0 Å². The Morgan fingerprint density at radius 3 is 1.09 bits per heavy atom. The summed E-state index contributed by atoms with van der Waals surface area (Å²) in [4.78, 5) is 0. The van der Waals surface area contributed by atoms with E-state index in [0.717, 1.165) is 0 Å². The molecular formula is C44H44. The van der Waals surface area contributed by atoms with Crippen LogP contribution >= 0.6 is 0 Å². The van der Waals surface area contributed by atoms with Crippen LogP contribution in [0.4, 0.5) is 0 Å². The molecule has 0 bridgehead atoms. The van der Waals surface area contributed by atoms with Crippen molar-refractivity contribution in [1.82, 2.24) is 0 Å². The van der Waals surface area contributed by atoms with Crippen LogP contribution in [0.15, 0.2) is 109 Å². The minimum atomic E-state index is 1.18. The van der Waals surface area contributed by atoms with E-state index in [-0.39, 0.29) is 0 Å². The molecule has 0 amide bonds. The average Bonchev–Trinajstić information content (AvgIpc) is 3.06. The second-order valence-corrected chi connectivity index (χ2v) is 12.3. The number of rotatable bonds is 12. The molecule has 0 aliphatic rings. The van der Waals surface area contributed by atoms with Gasteiger partial charge in [0.25, 0.3) is 0 Å². The van der Waals surface area contributed by atoms with Crippen LogP contribution in [-0.2, 0) is 12.8 Å². The fourth-order valence-electron chi connectivity index (χ4n) is 6.13. The molecule has 0 radical (unpaired) electrons. The van der Waals surface area contributed by atoms with Crippen LogP contribution in [0.5, 0.6) is 0 Å². The maximum atomic E-state index is 2.34. The van der Waals surface area contributed by atoms with Crippen molar-refractivity contribution >= 4 is 56.6 Å². The van der Waals surface area contributed by atoms with Crippen LogP contribution in [0.3, 0.4) is 0 Å². The molecule has 220 valence electrons. The lowest BCUT2D eigenvalue weighted by molar-refractivity contribution is 0.717. The second-order valence-electron chi connectivity index (χ2n) is 12.3. The lowest BCUT2D eigenvalue weighted by Gasteiger charge is -2.07. The van der Waals surface area contributed by atoms with Gasteiger partial charge in [-0.1, -0.05) is 137 Å². The number of fused-ring (bicyclic) bond motifs is 3. The van der Waals surface area contributed by atoms with Gasteiger partial charge in [-0.15, -0.1) is 0 Å². The smallest absolute Gasteiger partial charge is 0.0171 e. The van der Waals surface area contributed by atoms with Crippen molar-refractivity contribution in [2.45, 2.75) is 65.2 Å². The summed E-state index contributed by atoms with van der Waals surface area (Å²) in [5, 5.41) is 7.68. The van der Waals surface area contributed by atoms with Gasteiger partial charge in [-0.25, -0.2) is 0 Å². The second kappa shape index (κ2) is 14.4. The summed E-state index contributed by atoms with van der Waals surface area (Å²) >= 11 is 0. The summed E-state index contributed by atoms with van der Waals surface area (Å²) in [5.41, 5.74) is 7.83. The topological polar surface area (TPSA) is 0 Å². The Kier molecular flexibility index (Phi) is 9.68. The van der Waals surface area contributed by atoms with Crippen LogP contribution in [0.1, 0.15) is 85.8 Å². The molecule has 6 aromatic rings. The third kappa shape index (κ3) is 7.56. The molecule has 0 N–H and O–H groups in total. The van der Waals surface area contributed by atoms with Crippen LogP contribution in [-0.4, -0.2) is 0 Å². The zero-order chi connectivity index (χ0) is 30.1. The van der Waals surface area contributed by atoms with E-state index in [4.69, 9.17) is 0 Å². The molecule has 0 heterocycles. The Labute approximate surface area is 263 Å². The first-order valence-electron chi connectivity index (χ1n) is 16.6. The first-order valence-corrected chi connectivity index (χ1v) is 16.6. The molecule has 0 nitrogen and oxygen atoms in total. The van der Waals surface area contributed by atoms with Crippen molar-refractivity contribution in [3.63, 3.8) is 0 Å². The highest BCUT2D eigenvalue weighted by molar-refractivity contribution is 6.05. The predicted octanol–water partition coefficient (Wildman–Crippen LogP) is 13.0. The largest absolute Gasteiger partial charge is 0.0654 e. The Hall–Kier alpha value is -4.42. The Morgan fingerprint density at radius 1 is 0.341 bits per heavy atom. The molecule has 0 aromatic heterocycles. The van der Waals surface area contributed by atoms with Crippen LogP contribution < -0.4 is 0 Å². The number of aryl methyl sites for hydroxylation is 2.